The van der Waals surface area contributed by atoms with Gasteiger partial charge in [-0.2, -0.15) is 0 Å². The highest BCUT2D eigenvalue weighted by Gasteiger charge is 1.93. The molecule has 0 heterocycles. The first-order chi connectivity index (χ1) is 5.36. The van der Waals surface area contributed by atoms with Crippen molar-refractivity contribution in [3.63, 3.8) is 0 Å². The Hall–Kier alpha value is -1.16. The molecule has 1 N–H and O–H groups in total. The molecular formula is C7H9BO3. The van der Waals surface area contributed by atoms with Crippen LogP contribution < -0.4 is 9.39 Å². The highest BCUT2D eigenvalue weighted by atomic mass is 16.5. The van der Waals surface area contributed by atoms with Crippen LogP contribution in [0.15, 0.2) is 24.3 Å². The Morgan fingerprint density at radius 2 is 1.73 bits per heavy atom. The molecule has 0 atom stereocenters. The minimum Gasteiger partial charge on any atom is -0.539 e. The SMILES string of the molecule is COc1ccc(OBO)cc1. The summed E-state index contributed by atoms with van der Waals surface area (Å²) in [6, 6.07) is 7.00. The van der Waals surface area contributed by atoms with Crippen molar-refractivity contribution in [2.24, 2.45) is 0 Å². The van der Waals surface area contributed by atoms with E-state index in [9.17, 15) is 0 Å². The van der Waals surface area contributed by atoms with E-state index in [-0.39, 0.29) is 7.69 Å². The Morgan fingerprint density at radius 1 is 1.18 bits per heavy atom. The van der Waals surface area contributed by atoms with Crippen LogP contribution in [0.25, 0.3) is 0 Å². The molecule has 0 bridgehead atoms. The molecule has 1 aromatic rings. The Morgan fingerprint density at radius 3 is 2.18 bits per heavy atom. The molecule has 0 aliphatic heterocycles. The van der Waals surface area contributed by atoms with Gasteiger partial charge < -0.3 is 14.4 Å². The standard InChI is InChI=1S/C7H9BO3/c1-10-6-2-4-7(5-3-6)11-8-9/h2-5,8-9H,1H3. The van der Waals surface area contributed by atoms with Gasteiger partial charge in [0.2, 0.25) is 0 Å². The van der Waals surface area contributed by atoms with E-state index in [0.717, 1.165) is 5.75 Å². The lowest BCUT2D eigenvalue weighted by Crippen LogP contribution is -1.99. The van der Waals surface area contributed by atoms with Crippen molar-refractivity contribution in [1.82, 2.24) is 0 Å². The van der Waals surface area contributed by atoms with Crippen LogP contribution >= 0.6 is 0 Å². The van der Waals surface area contributed by atoms with E-state index in [1.165, 1.54) is 0 Å². The number of methoxy groups -OCH3 is 1. The molecule has 0 saturated carbocycles. The van der Waals surface area contributed by atoms with E-state index in [2.05, 4.69) is 0 Å². The van der Waals surface area contributed by atoms with E-state index >= 15 is 0 Å². The van der Waals surface area contributed by atoms with Crippen molar-refractivity contribution in [2.45, 2.75) is 0 Å². The lowest BCUT2D eigenvalue weighted by Gasteiger charge is -2.02. The monoisotopic (exact) mass is 152 g/mol. The number of benzene rings is 1. The van der Waals surface area contributed by atoms with Crippen molar-refractivity contribution in [1.29, 1.82) is 0 Å². The van der Waals surface area contributed by atoms with E-state index in [1.54, 1.807) is 31.4 Å². The van der Waals surface area contributed by atoms with Crippen LogP contribution in [0.5, 0.6) is 11.5 Å². The van der Waals surface area contributed by atoms with E-state index in [0.29, 0.717) is 5.75 Å². The minimum atomic E-state index is -0.299. The molecule has 0 fully saturated rings. The quantitative estimate of drug-likeness (QED) is 0.634. The summed E-state index contributed by atoms with van der Waals surface area (Å²) < 4.78 is 9.73. The molecule has 4 heteroatoms. The maximum atomic E-state index is 8.39. The van der Waals surface area contributed by atoms with Gasteiger partial charge in [-0.05, 0) is 24.3 Å². The first kappa shape index (κ1) is 7.95. The zero-order valence-corrected chi connectivity index (χ0v) is 6.28. The highest BCUT2D eigenvalue weighted by molar-refractivity contribution is 6.17. The van der Waals surface area contributed by atoms with E-state index < -0.39 is 0 Å². The summed E-state index contributed by atoms with van der Waals surface area (Å²) in [5.74, 6) is 1.41. The van der Waals surface area contributed by atoms with Gasteiger partial charge in [0.15, 0.2) is 0 Å². The predicted molar refractivity (Wildman–Crippen MR) is 43.0 cm³/mol. The second kappa shape index (κ2) is 3.88. The number of hydrogen-bond donors (Lipinski definition) is 1. The van der Waals surface area contributed by atoms with Gasteiger partial charge in [0.25, 0.3) is 0 Å². The van der Waals surface area contributed by atoms with Crippen LogP contribution in [-0.4, -0.2) is 19.8 Å². The Labute approximate surface area is 65.9 Å². The topological polar surface area (TPSA) is 38.7 Å². The van der Waals surface area contributed by atoms with E-state index in [4.69, 9.17) is 14.4 Å². The van der Waals surface area contributed by atoms with Gasteiger partial charge in [-0.15, -0.1) is 0 Å². The third-order valence-electron chi connectivity index (χ3n) is 1.29. The molecule has 3 nitrogen and oxygen atoms in total. The van der Waals surface area contributed by atoms with Crippen molar-refractivity contribution < 1.29 is 14.4 Å². The van der Waals surface area contributed by atoms with Crippen molar-refractivity contribution in [2.75, 3.05) is 7.11 Å². The van der Waals surface area contributed by atoms with Gasteiger partial charge in [-0.1, -0.05) is 0 Å². The van der Waals surface area contributed by atoms with Crippen LogP contribution in [0.4, 0.5) is 0 Å². The van der Waals surface area contributed by atoms with Crippen LogP contribution in [0, 0.1) is 0 Å². The average Bonchev–Trinajstić information content (AvgIpc) is 2.07. The van der Waals surface area contributed by atoms with Gasteiger partial charge in [0, 0.05) is 0 Å². The van der Waals surface area contributed by atoms with E-state index in [1.807, 2.05) is 0 Å². The fraction of sp³-hybridized carbons (Fsp3) is 0.143. The van der Waals surface area contributed by atoms with Crippen LogP contribution in [0.1, 0.15) is 0 Å². The normalized spacial score (nSPS) is 8.91. The van der Waals surface area contributed by atoms with Gasteiger partial charge >= 0.3 is 7.69 Å². The smallest absolute Gasteiger partial charge is 0.504 e. The summed E-state index contributed by atoms with van der Waals surface area (Å²) in [5.41, 5.74) is 0. The maximum Gasteiger partial charge on any atom is 0.504 e. The molecule has 58 valence electrons. The molecule has 1 aromatic carbocycles. The third kappa shape index (κ3) is 2.16. The molecule has 0 spiro atoms. The molecule has 0 unspecified atom stereocenters. The van der Waals surface area contributed by atoms with Crippen molar-refractivity contribution in [3.8, 4) is 11.5 Å². The number of hydrogen-bond acceptors (Lipinski definition) is 3. The number of rotatable bonds is 3. The summed E-state index contributed by atoms with van der Waals surface area (Å²) >= 11 is 0. The summed E-state index contributed by atoms with van der Waals surface area (Å²) in [5, 5.41) is 8.39. The Bertz CT molecular complexity index is 209. The Kier molecular flexibility index (Phi) is 2.80. The highest BCUT2D eigenvalue weighted by Crippen LogP contribution is 2.16. The first-order valence-corrected chi connectivity index (χ1v) is 3.24. The fourth-order valence-electron chi connectivity index (χ4n) is 0.746. The molecule has 0 saturated heterocycles. The summed E-state index contributed by atoms with van der Waals surface area (Å²) in [6.45, 7) is 0. The predicted octanol–water partition coefficient (Wildman–Crippen LogP) is 0.333. The average molecular weight is 152 g/mol. The third-order valence-corrected chi connectivity index (χ3v) is 1.29. The lowest BCUT2D eigenvalue weighted by atomic mass is 10.3. The lowest BCUT2D eigenvalue weighted by molar-refractivity contribution is 0.412. The van der Waals surface area contributed by atoms with Crippen molar-refractivity contribution >= 4 is 7.69 Å². The zero-order valence-electron chi connectivity index (χ0n) is 6.28. The second-order valence-corrected chi connectivity index (χ2v) is 1.95. The van der Waals surface area contributed by atoms with Crippen LogP contribution in [-0.2, 0) is 0 Å². The van der Waals surface area contributed by atoms with Gasteiger partial charge in [0.05, 0.1) is 7.11 Å². The fourth-order valence-corrected chi connectivity index (χ4v) is 0.746. The molecule has 0 aromatic heterocycles. The number of ether oxygens (including phenoxy) is 1. The van der Waals surface area contributed by atoms with Gasteiger partial charge in [-0.3, -0.25) is 0 Å². The zero-order chi connectivity index (χ0) is 8.10. The molecule has 0 radical (unpaired) electrons. The van der Waals surface area contributed by atoms with Gasteiger partial charge in [0.1, 0.15) is 11.5 Å². The van der Waals surface area contributed by atoms with Crippen LogP contribution in [0.3, 0.4) is 0 Å². The van der Waals surface area contributed by atoms with Crippen molar-refractivity contribution in [3.05, 3.63) is 24.3 Å². The molecular weight excluding hydrogens is 143 g/mol. The Balaban J connectivity index is 2.66. The molecule has 11 heavy (non-hydrogen) atoms. The second-order valence-electron chi connectivity index (χ2n) is 1.95. The summed E-state index contributed by atoms with van der Waals surface area (Å²) in [7, 11) is 1.30. The molecule has 0 aliphatic carbocycles. The summed E-state index contributed by atoms with van der Waals surface area (Å²) in [4.78, 5) is 0. The minimum absolute atomic E-state index is 0.299. The van der Waals surface area contributed by atoms with Gasteiger partial charge in [-0.25, -0.2) is 0 Å². The largest absolute Gasteiger partial charge is 0.539 e. The first-order valence-electron chi connectivity index (χ1n) is 3.24. The maximum absolute atomic E-state index is 8.39. The molecule has 0 amide bonds. The molecule has 0 aliphatic rings. The summed E-state index contributed by atoms with van der Waals surface area (Å²) in [6.07, 6.45) is 0. The molecule has 1 rings (SSSR count). The van der Waals surface area contributed by atoms with Crippen LogP contribution in [0.2, 0.25) is 0 Å².